The van der Waals surface area contributed by atoms with Crippen molar-refractivity contribution in [3.05, 3.63) is 73.7 Å². The monoisotopic (exact) mass is 362 g/mol. The van der Waals surface area contributed by atoms with Crippen molar-refractivity contribution in [3.8, 4) is 0 Å². The molecule has 2 rings (SSSR count). The number of nitrogens with zero attached hydrogens (tertiary/aromatic N) is 1. The molecule has 1 amide bonds. The molecule has 1 atom stereocenters. The average Bonchev–Trinajstić information content (AvgIpc) is 2.47. The lowest BCUT2D eigenvalue weighted by Crippen LogP contribution is -2.26. The molecule has 0 radical (unpaired) electrons. The van der Waals surface area contributed by atoms with Gasteiger partial charge in [0, 0.05) is 21.7 Å². The highest BCUT2D eigenvalue weighted by molar-refractivity contribution is 9.10. The molecule has 1 N–H and O–H groups in total. The number of carbonyl (C=O) groups excluding carboxylic acids is 1. The van der Waals surface area contributed by atoms with Crippen LogP contribution in [-0.4, -0.2) is 10.8 Å². The van der Waals surface area contributed by atoms with Crippen molar-refractivity contribution in [2.75, 3.05) is 0 Å². The summed E-state index contributed by atoms with van der Waals surface area (Å²) < 4.78 is 0.973. The smallest absolute Gasteiger partial charge is 0.272 e. The van der Waals surface area contributed by atoms with Crippen LogP contribution in [-0.2, 0) is 0 Å². The first kappa shape index (κ1) is 16.2. The van der Waals surface area contributed by atoms with Crippen LogP contribution in [0.3, 0.4) is 0 Å². The van der Waals surface area contributed by atoms with Crippen LogP contribution in [0.2, 0.25) is 0 Å². The highest BCUT2D eigenvalue weighted by atomic mass is 79.9. The summed E-state index contributed by atoms with van der Waals surface area (Å²) in [6.45, 7) is 3.51. The summed E-state index contributed by atoms with van der Waals surface area (Å²) >= 11 is 3.37. The van der Waals surface area contributed by atoms with Crippen molar-refractivity contribution in [2.24, 2.45) is 0 Å². The summed E-state index contributed by atoms with van der Waals surface area (Å²) in [5.74, 6) is -0.256. The minimum Gasteiger partial charge on any atom is -0.346 e. The van der Waals surface area contributed by atoms with Crippen molar-refractivity contribution in [1.82, 2.24) is 5.32 Å². The summed E-state index contributed by atoms with van der Waals surface area (Å²) in [7, 11) is 0. The summed E-state index contributed by atoms with van der Waals surface area (Å²) in [6, 6.07) is 11.9. The van der Waals surface area contributed by atoms with E-state index in [2.05, 4.69) is 21.2 Å². The van der Waals surface area contributed by atoms with Gasteiger partial charge in [0.2, 0.25) is 0 Å². The Balaban J connectivity index is 2.13. The Morgan fingerprint density at radius 3 is 2.41 bits per heavy atom. The largest absolute Gasteiger partial charge is 0.346 e. The molecule has 0 unspecified atom stereocenters. The maximum atomic E-state index is 12.2. The van der Waals surface area contributed by atoms with Gasteiger partial charge in [-0.1, -0.05) is 28.1 Å². The lowest BCUT2D eigenvalue weighted by Gasteiger charge is -2.14. The molecule has 6 heteroatoms. The third-order valence-corrected chi connectivity index (χ3v) is 3.90. The zero-order chi connectivity index (χ0) is 16.3. The normalized spacial score (nSPS) is 11.8. The zero-order valence-electron chi connectivity index (χ0n) is 12.2. The molecule has 0 aliphatic carbocycles. The second kappa shape index (κ2) is 6.70. The number of carbonyl (C=O) groups is 1. The minimum absolute atomic E-state index is 0.0116. The molecule has 0 fully saturated rings. The zero-order valence-corrected chi connectivity index (χ0v) is 13.8. The molecule has 0 saturated heterocycles. The van der Waals surface area contributed by atoms with Crippen LogP contribution in [0.15, 0.2) is 46.9 Å². The van der Waals surface area contributed by atoms with Crippen LogP contribution in [0, 0.1) is 17.0 Å². The molecule has 0 aliphatic heterocycles. The van der Waals surface area contributed by atoms with Crippen molar-refractivity contribution in [3.63, 3.8) is 0 Å². The van der Waals surface area contributed by atoms with Gasteiger partial charge in [0.15, 0.2) is 0 Å². The summed E-state index contributed by atoms with van der Waals surface area (Å²) in [6.07, 6.45) is 0. The Morgan fingerprint density at radius 1 is 1.23 bits per heavy atom. The lowest BCUT2D eigenvalue weighted by atomic mass is 10.1. The van der Waals surface area contributed by atoms with E-state index in [0.29, 0.717) is 11.1 Å². The molecule has 114 valence electrons. The number of hydrogen-bond donors (Lipinski definition) is 1. The van der Waals surface area contributed by atoms with Crippen molar-refractivity contribution >= 4 is 27.5 Å². The Morgan fingerprint density at radius 2 is 1.86 bits per heavy atom. The van der Waals surface area contributed by atoms with Gasteiger partial charge in [0.1, 0.15) is 0 Å². The third kappa shape index (κ3) is 3.71. The van der Waals surface area contributed by atoms with E-state index < -0.39 is 4.92 Å². The maximum absolute atomic E-state index is 12.2. The molecular weight excluding hydrogens is 348 g/mol. The van der Waals surface area contributed by atoms with Gasteiger partial charge in [-0.2, -0.15) is 0 Å². The highest BCUT2D eigenvalue weighted by Crippen LogP contribution is 2.20. The van der Waals surface area contributed by atoms with Gasteiger partial charge in [0.25, 0.3) is 11.6 Å². The topological polar surface area (TPSA) is 72.2 Å². The average molecular weight is 363 g/mol. The molecule has 0 aromatic heterocycles. The first-order chi connectivity index (χ1) is 10.4. The number of aryl methyl sites for hydroxylation is 1. The van der Waals surface area contributed by atoms with Gasteiger partial charge in [-0.3, -0.25) is 14.9 Å². The fourth-order valence-electron chi connectivity index (χ4n) is 2.12. The third-order valence-electron chi connectivity index (χ3n) is 3.37. The minimum atomic E-state index is -0.457. The number of nitrogens with one attached hydrogen (secondary N) is 1. The van der Waals surface area contributed by atoms with E-state index in [1.54, 1.807) is 6.92 Å². The van der Waals surface area contributed by atoms with Gasteiger partial charge < -0.3 is 5.32 Å². The Labute approximate surface area is 136 Å². The molecule has 0 spiro atoms. The fraction of sp³-hybridized carbons (Fsp3) is 0.188. The Bertz CT molecular complexity index is 714. The van der Waals surface area contributed by atoms with E-state index in [1.165, 1.54) is 18.2 Å². The van der Waals surface area contributed by atoms with Crippen LogP contribution >= 0.6 is 15.9 Å². The second-order valence-corrected chi connectivity index (χ2v) is 5.92. The van der Waals surface area contributed by atoms with Gasteiger partial charge >= 0.3 is 0 Å². The van der Waals surface area contributed by atoms with Crippen molar-refractivity contribution in [2.45, 2.75) is 19.9 Å². The van der Waals surface area contributed by atoms with Gasteiger partial charge in [0.05, 0.1) is 11.0 Å². The molecule has 2 aromatic carbocycles. The number of nitro benzene ring substituents is 1. The lowest BCUT2D eigenvalue weighted by molar-refractivity contribution is -0.385. The summed E-state index contributed by atoms with van der Waals surface area (Å²) in [5, 5.41) is 13.7. The van der Waals surface area contributed by atoms with Crippen LogP contribution in [0.25, 0.3) is 0 Å². The molecule has 2 aromatic rings. The standard InChI is InChI=1S/C16H15BrN2O3/c1-10-9-13(5-8-15(10)19(21)22)16(20)18-11(2)12-3-6-14(17)7-4-12/h3-9,11H,1-2H3,(H,18,20)/t11-/m0/s1. The summed E-state index contributed by atoms with van der Waals surface area (Å²) in [4.78, 5) is 22.6. The molecule has 0 saturated carbocycles. The summed E-state index contributed by atoms with van der Waals surface area (Å²) in [5.41, 5.74) is 1.87. The number of rotatable bonds is 4. The van der Waals surface area contributed by atoms with Crippen LogP contribution < -0.4 is 5.32 Å². The highest BCUT2D eigenvalue weighted by Gasteiger charge is 2.15. The molecule has 5 nitrogen and oxygen atoms in total. The maximum Gasteiger partial charge on any atom is 0.272 e. The molecular formula is C16H15BrN2O3. The van der Waals surface area contributed by atoms with Crippen LogP contribution in [0.1, 0.15) is 34.5 Å². The van der Waals surface area contributed by atoms with Gasteiger partial charge in [-0.05, 0) is 43.7 Å². The SMILES string of the molecule is Cc1cc(C(=O)N[C@@H](C)c2ccc(Br)cc2)ccc1[N+](=O)[O-]. The number of nitro groups is 1. The van der Waals surface area contributed by atoms with E-state index in [9.17, 15) is 14.9 Å². The predicted molar refractivity (Wildman–Crippen MR) is 87.9 cm³/mol. The molecule has 0 heterocycles. The van der Waals surface area contributed by atoms with Gasteiger partial charge in [-0.25, -0.2) is 0 Å². The molecule has 0 bridgehead atoms. The van der Waals surface area contributed by atoms with Crippen molar-refractivity contribution < 1.29 is 9.72 Å². The number of hydrogen-bond acceptors (Lipinski definition) is 3. The molecule has 22 heavy (non-hydrogen) atoms. The first-order valence-corrected chi connectivity index (χ1v) is 7.49. The van der Waals surface area contributed by atoms with Gasteiger partial charge in [-0.15, -0.1) is 0 Å². The van der Waals surface area contributed by atoms with E-state index in [4.69, 9.17) is 0 Å². The quantitative estimate of drug-likeness (QED) is 0.655. The Kier molecular flexibility index (Phi) is 4.92. The second-order valence-electron chi connectivity index (χ2n) is 5.01. The van der Waals surface area contributed by atoms with E-state index in [0.717, 1.165) is 10.0 Å². The van der Waals surface area contributed by atoms with Crippen LogP contribution in [0.5, 0.6) is 0 Å². The number of benzene rings is 2. The predicted octanol–water partition coefficient (Wildman–Crippen LogP) is 4.16. The first-order valence-electron chi connectivity index (χ1n) is 6.70. The number of halogens is 1. The van der Waals surface area contributed by atoms with Crippen LogP contribution in [0.4, 0.5) is 5.69 Å². The van der Waals surface area contributed by atoms with E-state index >= 15 is 0 Å². The Hall–Kier alpha value is -2.21. The van der Waals surface area contributed by atoms with E-state index in [1.807, 2.05) is 31.2 Å². The molecule has 0 aliphatic rings. The number of amides is 1. The van der Waals surface area contributed by atoms with E-state index in [-0.39, 0.29) is 17.6 Å². The fourth-order valence-corrected chi connectivity index (χ4v) is 2.38. The van der Waals surface area contributed by atoms with Crippen molar-refractivity contribution in [1.29, 1.82) is 0 Å².